The smallest absolute Gasteiger partial charge is 0.347 e. The molecule has 0 fully saturated rings. The summed E-state index contributed by atoms with van der Waals surface area (Å²) in [4.78, 5) is 34.8. The van der Waals surface area contributed by atoms with Crippen LogP contribution in [0.5, 0.6) is 11.5 Å². The van der Waals surface area contributed by atoms with Gasteiger partial charge in [0.1, 0.15) is 36.1 Å². The van der Waals surface area contributed by atoms with E-state index in [2.05, 4.69) is 9.98 Å². The molecule has 0 aliphatic carbocycles. The highest BCUT2D eigenvalue weighted by Crippen LogP contribution is 2.33. The predicted octanol–water partition coefficient (Wildman–Crippen LogP) is 4.18. The van der Waals surface area contributed by atoms with Gasteiger partial charge in [0.05, 0.1) is 27.4 Å². The SMILES string of the molecule is CCOC(=O)C1=C(OC2=C(C(=O)OCC)C(=Nc3ccccc3OC)OC2)COC1=Nc1ccccc1OC. The Morgan fingerprint density at radius 3 is 1.51 bits per heavy atom. The molecule has 0 radical (unpaired) electrons. The van der Waals surface area contributed by atoms with Crippen molar-refractivity contribution in [2.75, 3.05) is 40.6 Å². The van der Waals surface area contributed by atoms with Crippen molar-refractivity contribution in [2.45, 2.75) is 13.8 Å². The number of nitrogens with zero attached hydrogens (tertiary/aromatic N) is 2. The maximum atomic E-state index is 12.9. The predicted molar refractivity (Wildman–Crippen MR) is 140 cm³/mol. The first kappa shape index (κ1) is 27.2. The zero-order valence-electron chi connectivity index (χ0n) is 22.0. The lowest BCUT2D eigenvalue weighted by Crippen LogP contribution is -2.16. The van der Waals surface area contributed by atoms with Crippen LogP contribution in [0.3, 0.4) is 0 Å². The minimum absolute atomic E-state index is 0.00642. The van der Waals surface area contributed by atoms with Crippen molar-refractivity contribution in [3.8, 4) is 11.5 Å². The summed E-state index contributed by atoms with van der Waals surface area (Å²) in [5, 5.41) is 0. The highest BCUT2D eigenvalue weighted by Gasteiger charge is 2.37. The fourth-order valence-electron chi connectivity index (χ4n) is 3.75. The minimum atomic E-state index is -0.696. The summed E-state index contributed by atoms with van der Waals surface area (Å²) < 4.78 is 38.7. The Morgan fingerprint density at radius 1 is 0.718 bits per heavy atom. The van der Waals surface area contributed by atoms with Crippen LogP contribution in [-0.2, 0) is 33.3 Å². The molecule has 4 rings (SSSR count). The third-order valence-corrected chi connectivity index (χ3v) is 5.49. The Morgan fingerprint density at radius 2 is 1.13 bits per heavy atom. The molecule has 0 N–H and O–H groups in total. The molecule has 2 aromatic carbocycles. The zero-order valence-corrected chi connectivity index (χ0v) is 22.0. The van der Waals surface area contributed by atoms with Crippen molar-refractivity contribution < 1.29 is 42.7 Å². The Kier molecular flexibility index (Phi) is 8.82. The van der Waals surface area contributed by atoms with Crippen LogP contribution >= 0.6 is 0 Å². The second-order valence-corrected chi connectivity index (χ2v) is 7.89. The number of aliphatic imine (C=N–C) groups is 2. The quantitative estimate of drug-likeness (QED) is 0.412. The molecule has 2 heterocycles. The van der Waals surface area contributed by atoms with E-state index in [0.717, 1.165) is 0 Å². The van der Waals surface area contributed by atoms with Gasteiger partial charge < -0.3 is 33.2 Å². The van der Waals surface area contributed by atoms with E-state index in [0.29, 0.717) is 22.9 Å². The standard InChI is InChI=1S/C28H28N2O9/c1-5-35-27(31)23-21(15-37-25(23)29-17-11-7-9-13-19(17)33-3)39-22-16-38-26(24(22)28(32)36-6-2)30-18-12-8-10-14-20(18)34-4/h7-14H,5-6,15-16H2,1-4H3. The van der Waals surface area contributed by atoms with Gasteiger partial charge in [-0.05, 0) is 38.1 Å². The molecule has 39 heavy (non-hydrogen) atoms. The summed E-state index contributed by atoms with van der Waals surface area (Å²) in [5.74, 6) is -0.236. The van der Waals surface area contributed by atoms with Gasteiger partial charge in [-0.25, -0.2) is 19.6 Å². The molecule has 0 unspecified atom stereocenters. The number of hydrogen-bond donors (Lipinski definition) is 0. The molecular formula is C28H28N2O9. The summed E-state index contributed by atoms with van der Waals surface area (Å²) in [6.45, 7) is 3.32. The second-order valence-electron chi connectivity index (χ2n) is 7.89. The first-order valence-electron chi connectivity index (χ1n) is 12.2. The van der Waals surface area contributed by atoms with Gasteiger partial charge in [-0.1, -0.05) is 24.3 Å². The summed E-state index contributed by atoms with van der Waals surface area (Å²) in [5.41, 5.74) is 0.849. The molecule has 11 nitrogen and oxygen atoms in total. The molecule has 11 heteroatoms. The normalized spacial score (nSPS) is 16.7. The van der Waals surface area contributed by atoms with Crippen LogP contribution in [0.15, 0.2) is 81.2 Å². The van der Waals surface area contributed by atoms with Crippen LogP contribution in [0.1, 0.15) is 13.8 Å². The average Bonchev–Trinajstić information content (AvgIpc) is 3.53. The first-order valence-corrected chi connectivity index (χ1v) is 12.2. The van der Waals surface area contributed by atoms with Crippen molar-refractivity contribution >= 4 is 35.1 Å². The molecule has 2 aliphatic rings. The van der Waals surface area contributed by atoms with Crippen molar-refractivity contribution in [1.29, 1.82) is 0 Å². The van der Waals surface area contributed by atoms with Gasteiger partial charge in [0.15, 0.2) is 22.7 Å². The lowest BCUT2D eigenvalue weighted by atomic mass is 10.2. The van der Waals surface area contributed by atoms with E-state index < -0.39 is 11.9 Å². The molecule has 0 amide bonds. The Bertz CT molecular complexity index is 1270. The number of carbonyl (C=O) groups is 2. The number of hydrogen-bond acceptors (Lipinski definition) is 11. The van der Waals surface area contributed by atoms with Gasteiger partial charge >= 0.3 is 11.9 Å². The Balaban J connectivity index is 1.77. The third-order valence-electron chi connectivity index (χ3n) is 5.49. The Labute approximate surface area is 225 Å². The van der Waals surface area contributed by atoms with E-state index in [-0.39, 0.29) is 60.9 Å². The zero-order chi connectivity index (χ0) is 27.8. The van der Waals surface area contributed by atoms with Crippen LogP contribution in [-0.4, -0.2) is 64.4 Å². The number of rotatable bonds is 10. The summed E-state index contributed by atoms with van der Waals surface area (Å²) >= 11 is 0. The monoisotopic (exact) mass is 536 g/mol. The van der Waals surface area contributed by atoms with Crippen molar-refractivity contribution in [3.63, 3.8) is 0 Å². The maximum absolute atomic E-state index is 12.9. The van der Waals surface area contributed by atoms with Crippen molar-refractivity contribution in [2.24, 2.45) is 9.98 Å². The molecule has 0 saturated carbocycles. The Hall–Kier alpha value is -4.80. The van der Waals surface area contributed by atoms with E-state index in [1.807, 2.05) is 0 Å². The first-order chi connectivity index (χ1) is 19.0. The maximum Gasteiger partial charge on any atom is 0.347 e. The molecule has 0 bridgehead atoms. The van der Waals surface area contributed by atoms with E-state index in [9.17, 15) is 9.59 Å². The van der Waals surface area contributed by atoms with E-state index >= 15 is 0 Å². The average molecular weight is 537 g/mol. The van der Waals surface area contributed by atoms with Crippen LogP contribution in [0.4, 0.5) is 11.4 Å². The van der Waals surface area contributed by atoms with Crippen LogP contribution in [0.2, 0.25) is 0 Å². The lowest BCUT2D eigenvalue weighted by Gasteiger charge is -2.09. The number of ether oxygens (including phenoxy) is 7. The van der Waals surface area contributed by atoms with Crippen LogP contribution in [0.25, 0.3) is 0 Å². The number of esters is 2. The van der Waals surface area contributed by atoms with Crippen LogP contribution < -0.4 is 9.47 Å². The molecule has 2 aliphatic heterocycles. The number of carbonyl (C=O) groups excluding carboxylic acids is 2. The lowest BCUT2D eigenvalue weighted by molar-refractivity contribution is -0.138. The summed E-state index contributed by atoms with van der Waals surface area (Å²) in [7, 11) is 3.03. The molecule has 2 aromatic rings. The van der Waals surface area contributed by atoms with Crippen molar-refractivity contribution in [1.82, 2.24) is 0 Å². The van der Waals surface area contributed by atoms with E-state index in [1.54, 1.807) is 62.4 Å². The second kappa shape index (κ2) is 12.6. The largest absolute Gasteiger partial charge is 0.494 e. The highest BCUT2D eigenvalue weighted by atomic mass is 16.6. The fourth-order valence-corrected chi connectivity index (χ4v) is 3.75. The third kappa shape index (κ3) is 6.03. The molecule has 204 valence electrons. The number of para-hydroxylation sites is 4. The summed E-state index contributed by atoms with van der Waals surface area (Å²) in [6.07, 6.45) is 0. The number of benzene rings is 2. The van der Waals surface area contributed by atoms with Gasteiger partial charge in [0.2, 0.25) is 11.8 Å². The molecule has 0 aromatic heterocycles. The van der Waals surface area contributed by atoms with Crippen LogP contribution in [0, 0.1) is 0 Å². The minimum Gasteiger partial charge on any atom is -0.494 e. The highest BCUT2D eigenvalue weighted by molar-refractivity contribution is 6.20. The van der Waals surface area contributed by atoms with Gasteiger partial charge in [0.25, 0.3) is 0 Å². The van der Waals surface area contributed by atoms with Crippen molar-refractivity contribution in [3.05, 3.63) is 71.2 Å². The topological polar surface area (TPSA) is 123 Å². The number of methoxy groups -OCH3 is 2. The van der Waals surface area contributed by atoms with Gasteiger partial charge in [-0.3, -0.25) is 0 Å². The summed E-state index contributed by atoms with van der Waals surface area (Å²) in [6, 6.07) is 14.0. The molecular weight excluding hydrogens is 508 g/mol. The van der Waals surface area contributed by atoms with Gasteiger partial charge in [-0.2, -0.15) is 0 Å². The fraction of sp³-hybridized carbons (Fsp3) is 0.286. The van der Waals surface area contributed by atoms with Gasteiger partial charge in [0, 0.05) is 0 Å². The van der Waals surface area contributed by atoms with E-state index in [4.69, 9.17) is 33.2 Å². The van der Waals surface area contributed by atoms with E-state index in [1.165, 1.54) is 14.2 Å². The van der Waals surface area contributed by atoms with Gasteiger partial charge in [-0.15, -0.1) is 0 Å². The molecule has 0 saturated heterocycles. The molecule has 0 spiro atoms. The molecule has 0 atom stereocenters.